The Hall–Kier alpha value is -2.92. The number of hydrogen-bond donors (Lipinski definition) is 1. The molecule has 1 fully saturated rings. The van der Waals surface area contributed by atoms with Gasteiger partial charge in [0, 0.05) is 44.7 Å². The molecule has 0 bridgehead atoms. The van der Waals surface area contributed by atoms with Gasteiger partial charge in [0.15, 0.2) is 0 Å². The van der Waals surface area contributed by atoms with Gasteiger partial charge in [-0.25, -0.2) is 0 Å². The highest BCUT2D eigenvalue weighted by Crippen LogP contribution is 2.23. The molecule has 1 amide bonds. The normalized spacial score (nSPS) is 17.9. The quantitative estimate of drug-likeness (QED) is 0.452. The van der Waals surface area contributed by atoms with Gasteiger partial charge in [-0.3, -0.25) is 9.69 Å². The minimum atomic E-state index is -0.371. The first-order valence-corrected chi connectivity index (χ1v) is 11.8. The molecule has 2 heterocycles. The topological polar surface area (TPSA) is 79.5 Å². The van der Waals surface area contributed by atoms with Crippen molar-refractivity contribution in [3.63, 3.8) is 0 Å². The predicted molar refractivity (Wildman–Crippen MR) is 133 cm³/mol. The summed E-state index contributed by atoms with van der Waals surface area (Å²) in [6, 6.07) is 12.5. The molecule has 0 saturated carbocycles. The lowest BCUT2D eigenvalue weighted by atomic mass is 10.1. The van der Waals surface area contributed by atoms with Gasteiger partial charge in [0.2, 0.25) is 0 Å². The van der Waals surface area contributed by atoms with Gasteiger partial charge >= 0.3 is 0 Å². The number of nitrogens with one attached hydrogen (secondary N) is 1. The minimum absolute atomic E-state index is 0.0955. The first-order chi connectivity index (χ1) is 16.3. The van der Waals surface area contributed by atoms with Crippen LogP contribution in [0.1, 0.15) is 48.0 Å². The molecule has 0 spiro atoms. The number of nitrogens with zero attached hydrogens (tertiary/aromatic N) is 3. The van der Waals surface area contributed by atoms with E-state index in [2.05, 4.69) is 46.8 Å². The molecule has 34 heavy (non-hydrogen) atoms. The lowest BCUT2D eigenvalue weighted by molar-refractivity contribution is -0.117. The maximum Gasteiger partial charge on any atom is 0.262 e. The molecule has 7 nitrogen and oxygen atoms in total. The smallest absolute Gasteiger partial charge is 0.262 e. The molecule has 182 valence electrons. The van der Waals surface area contributed by atoms with E-state index in [1.165, 1.54) is 5.56 Å². The van der Waals surface area contributed by atoms with E-state index in [1.54, 1.807) is 13.2 Å². The summed E-state index contributed by atoms with van der Waals surface area (Å²) in [5.41, 5.74) is 5.25. The van der Waals surface area contributed by atoms with Crippen molar-refractivity contribution in [1.82, 2.24) is 14.8 Å². The largest absolute Gasteiger partial charge is 0.383 e. The molecule has 1 aliphatic rings. The van der Waals surface area contributed by atoms with Crippen LogP contribution in [0.5, 0.6) is 0 Å². The van der Waals surface area contributed by atoms with E-state index >= 15 is 0 Å². The molecule has 1 aromatic carbocycles. The Balaban J connectivity index is 1.65. The molecule has 1 aromatic heterocycles. The minimum Gasteiger partial charge on any atom is -0.383 e. The molecule has 7 heteroatoms. The van der Waals surface area contributed by atoms with Gasteiger partial charge in [0.25, 0.3) is 5.91 Å². The number of benzene rings is 1. The fraction of sp³-hybridized carbons (Fsp3) is 0.481. The van der Waals surface area contributed by atoms with Crippen molar-refractivity contribution in [2.75, 3.05) is 33.4 Å². The second kappa shape index (κ2) is 12.0. The number of carbonyl (C=O) groups excluding carboxylic acids is 1. The van der Waals surface area contributed by atoms with Crippen molar-refractivity contribution >= 4 is 12.0 Å². The molecule has 2 aromatic rings. The predicted octanol–water partition coefficient (Wildman–Crippen LogP) is 3.76. The van der Waals surface area contributed by atoms with Crippen LogP contribution in [-0.2, 0) is 27.4 Å². The van der Waals surface area contributed by atoms with Gasteiger partial charge in [0.05, 0.1) is 25.4 Å². The number of amides is 1. The summed E-state index contributed by atoms with van der Waals surface area (Å²) in [4.78, 5) is 15.2. The van der Waals surface area contributed by atoms with E-state index in [0.717, 1.165) is 48.8 Å². The van der Waals surface area contributed by atoms with Gasteiger partial charge in [-0.2, -0.15) is 5.26 Å². The van der Waals surface area contributed by atoms with Crippen LogP contribution in [0, 0.1) is 25.2 Å². The Kier molecular flexibility index (Phi) is 9.05. The highest BCUT2D eigenvalue weighted by molar-refractivity contribution is 6.01. The van der Waals surface area contributed by atoms with Crippen molar-refractivity contribution < 1.29 is 14.3 Å². The monoisotopic (exact) mass is 464 g/mol. The summed E-state index contributed by atoms with van der Waals surface area (Å²) in [5, 5.41) is 12.5. The molecular formula is C27H36N4O3. The highest BCUT2D eigenvalue weighted by Gasteiger charge is 2.18. The molecule has 3 rings (SSSR count). The molecule has 0 radical (unpaired) electrons. The Morgan fingerprint density at radius 3 is 2.82 bits per heavy atom. The van der Waals surface area contributed by atoms with Crippen molar-refractivity contribution in [2.45, 2.75) is 52.9 Å². The number of hydrogen-bond acceptors (Lipinski definition) is 5. The molecule has 1 saturated heterocycles. The molecular weight excluding hydrogens is 428 g/mol. The lowest BCUT2D eigenvalue weighted by Crippen LogP contribution is -2.40. The number of rotatable bonds is 9. The third-order valence-corrected chi connectivity index (χ3v) is 6.21. The first-order valence-electron chi connectivity index (χ1n) is 11.8. The summed E-state index contributed by atoms with van der Waals surface area (Å²) in [7, 11) is 1.68. The number of ether oxygens (including phenoxy) is 2. The maximum absolute atomic E-state index is 12.8. The van der Waals surface area contributed by atoms with Crippen LogP contribution in [0.15, 0.2) is 35.9 Å². The average molecular weight is 465 g/mol. The van der Waals surface area contributed by atoms with E-state index in [0.29, 0.717) is 13.2 Å². The van der Waals surface area contributed by atoms with Crippen LogP contribution in [-0.4, -0.2) is 54.9 Å². The maximum atomic E-state index is 12.8. The van der Waals surface area contributed by atoms with Crippen LogP contribution < -0.4 is 5.32 Å². The number of aromatic nitrogens is 1. The van der Waals surface area contributed by atoms with Crippen molar-refractivity contribution in [1.29, 1.82) is 5.26 Å². The summed E-state index contributed by atoms with van der Waals surface area (Å²) in [6.07, 6.45) is 1.92. The number of nitriles is 1. The summed E-state index contributed by atoms with van der Waals surface area (Å²) < 4.78 is 13.1. The third-order valence-electron chi connectivity index (χ3n) is 6.21. The van der Waals surface area contributed by atoms with E-state index in [4.69, 9.17) is 9.47 Å². The van der Waals surface area contributed by atoms with Crippen LogP contribution in [0.3, 0.4) is 0 Å². The van der Waals surface area contributed by atoms with E-state index in [-0.39, 0.29) is 23.6 Å². The van der Waals surface area contributed by atoms with Gasteiger partial charge < -0.3 is 19.4 Å². The SMILES string of the molecule is COCC(C)n1c(C)cc(/C=C(\C#N)C(=O)NCc2cccc(CN3CCOC(C)C3)c2)c1C. The van der Waals surface area contributed by atoms with Crippen molar-refractivity contribution in [3.05, 3.63) is 64.0 Å². The van der Waals surface area contributed by atoms with Gasteiger partial charge in [-0.05, 0) is 56.5 Å². The van der Waals surface area contributed by atoms with Crippen LogP contribution in [0.2, 0.25) is 0 Å². The molecule has 2 unspecified atom stereocenters. The molecule has 0 aliphatic carbocycles. The van der Waals surface area contributed by atoms with Gasteiger partial charge in [0.1, 0.15) is 11.6 Å². The standard InChI is InChI=1S/C27H36N4O3/c1-19-11-25(22(4)31(19)20(2)18-33-5)13-26(14-28)27(32)29-15-23-7-6-8-24(12-23)17-30-9-10-34-21(3)16-30/h6-8,11-13,20-21H,9-10,15-18H2,1-5H3,(H,29,32)/b26-13+. The molecule has 1 N–H and O–H groups in total. The third kappa shape index (κ3) is 6.57. The van der Waals surface area contributed by atoms with E-state index in [1.807, 2.05) is 32.0 Å². The first kappa shape index (κ1) is 25.7. The average Bonchev–Trinajstić information content (AvgIpc) is 3.09. The number of carbonyl (C=O) groups is 1. The second-order valence-electron chi connectivity index (χ2n) is 9.09. The van der Waals surface area contributed by atoms with Crippen molar-refractivity contribution in [3.8, 4) is 6.07 Å². The highest BCUT2D eigenvalue weighted by atomic mass is 16.5. The van der Waals surface area contributed by atoms with Crippen LogP contribution in [0.4, 0.5) is 0 Å². The zero-order valence-corrected chi connectivity index (χ0v) is 20.9. The Morgan fingerprint density at radius 1 is 1.35 bits per heavy atom. The zero-order chi connectivity index (χ0) is 24.7. The van der Waals surface area contributed by atoms with E-state index < -0.39 is 0 Å². The number of morpholine rings is 1. The van der Waals surface area contributed by atoms with Gasteiger partial charge in [-0.1, -0.05) is 24.3 Å². The van der Waals surface area contributed by atoms with Crippen molar-refractivity contribution in [2.24, 2.45) is 0 Å². The summed E-state index contributed by atoms with van der Waals surface area (Å²) in [5.74, 6) is -0.371. The zero-order valence-electron chi connectivity index (χ0n) is 20.9. The Labute approximate surface area is 203 Å². The lowest BCUT2D eigenvalue weighted by Gasteiger charge is -2.31. The number of methoxy groups -OCH3 is 1. The summed E-state index contributed by atoms with van der Waals surface area (Å²) >= 11 is 0. The summed E-state index contributed by atoms with van der Waals surface area (Å²) in [6.45, 7) is 12.6. The van der Waals surface area contributed by atoms with Gasteiger partial charge in [-0.15, -0.1) is 0 Å². The van der Waals surface area contributed by atoms with Crippen LogP contribution in [0.25, 0.3) is 6.08 Å². The van der Waals surface area contributed by atoms with E-state index in [9.17, 15) is 10.1 Å². The fourth-order valence-electron chi connectivity index (χ4n) is 4.65. The Bertz CT molecular complexity index is 1070. The number of aryl methyl sites for hydroxylation is 1. The molecule has 1 aliphatic heterocycles. The second-order valence-corrected chi connectivity index (χ2v) is 9.09. The molecule has 2 atom stereocenters. The van der Waals surface area contributed by atoms with Crippen LogP contribution >= 0.6 is 0 Å². The Morgan fingerprint density at radius 2 is 2.12 bits per heavy atom. The fourth-order valence-corrected chi connectivity index (χ4v) is 4.65.